The molecule has 2 aromatic heterocycles. The molecular weight excluding hydrogens is 336 g/mol. The van der Waals surface area contributed by atoms with Crippen molar-refractivity contribution in [2.75, 3.05) is 5.32 Å². The average molecular weight is 349 g/mol. The lowest BCUT2D eigenvalue weighted by atomic mass is 10.2. The normalized spacial score (nSPS) is 10.5. The minimum Gasteiger partial charge on any atom is -0.444 e. The number of benzene rings is 1. The monoisotopic (exact) mass is 348 g/mol. The number of carbonyl (C=O) groups excluding carboxylic acids is 1. The van der Waals surface area contributed by atoms with Gasteiger partial charge in [-0.2, -0.15) is 0 Å². The highest BCUT2D eigenvalue weighted by Gasteiger charge is 2.13. The van der Waals surface area contributed by atoms with Gasteiger partial charge in [-0.15, -0.1) is 11.3 Å². The van der Waals surface area contributed by atoms with Crippen LogP contribution in [0.25, 0.3) is 11.5 Å². The highest BCUT2D eigenvalue weighted by atomic mass is 35.5. The fourth-order valence-electron chi connectivity index (χ4n) is 1.91. The Bertz CT molecular complexity index is 816. The molecule has 3 aromatic rings. The van der Waals surface area contributed by atoms with Gasteiger partial charge in [0.1, 0.15) is 17.5 Å². The number of anilines is 1. The predicted molar refractivity (Wildman–Crippen MR) is 89.6 cm³/mol. The molecule has 1 amide bonds. The number of nitrogens with one attached hydrogen (secondary N) is 1. The number of ether oxygens (including phenoxy) is 1. The maximum atomic E-state index is 11.8. The van der Waals surface area contributed by atoms with Crippen LogP contribution in [0.5, 0.6) is 0 Å². The van der Waals surface area contributed by atoms with E-state index in [-0.39, 0.29) is 6.61 Å². The molecule has 0 saturated carbocycles. The van der Waals surface area contributed by atoms with Crippen LogP contribution in [-0.2, 0) is 18.4 Å². The van der Waals surface area contributed by atoms with Gasteiger partial charge >= 0.3 is 6.09 Å². The van der Waals surface area contributed by atoms with Crippen molar-refractivity contribution >= 4 is 34.2 Å². The van der Waals surface area contributed by atoms with E-state index in [0.29, 0.717) is 21.8 Å². The summed E-state index contributed by atoms with van der Waals surface area (Å²) in [6.45, 7) is 0.208. The molecule has 3 rings (SSSR count). The number of nitrogens with zero attached hydrogens (tertiary/aromatic N) is 3. The predicted octanol–water partition coefficient (Wildman–Crippen LogP) is 3.95. The Balaban J connectivity index is 1.60. The molecule has 0 atom stereocenters. The lowest BCUT2D eigenvalue weighted by Gasteiger charge is -2.04. The Labute approximate surface area is 141 Å². The summed E-state index contributed by atoms with van der Waals surface area (Å²) in [5.74, 6) is 0.636. The molecule has 2 heterocycles. The Kier molecular flexibility index (Phi) is 4.59. The number of aromatic nitrogens is 3. The molecule has 0 unspecified atom stereocenters. The molecule has 1 N–H and O–H groups in total. The van der Waals surface area contributed by atoms with Gasteiger partial charge in [0.2, 0.25) is 0 Å². The van der Waals surface area contributed by atoms with Crippen molar-refractivity contribution in [3.05, 3.63) is 52.6 Å². The van der Waals surface area contributed by atoms with Crippen LogP contribution in [0, 0.1) is 0 Å². The molecule has 0 radical (unpaired) electrons. The zero-order valence-corrected chi connectivity index (χ0v) is 13.8. The summed E-state index contributed by atoms with van der Waals surface area (Å²) in [7, 11) is 1.80. The maximum Gasteiger partial charge on any atom is 0.413 e. The van der Waals surface area contributed by atoms with E-state index in [1.165, 1.54) is 11.3 Å². The van der Waals surface area contributed by atoms with E-state index >= 15 is 0 Å². The van der Waals surface area contributed by atoms with Gasteiger partial charge in [0.15, 0.2) is 11.0 Å². The van der Waals surface area contributed by atoms with Gasteiger partial charge in [0.05, 0.1) is 6.20 Å². The third kappa shape index (κ3) is 3.69. The SMILES string of the molecule is Cn1c(Cl)cnc1-c1csc(NC(=O)OCc2ccccc2)n1. The summed E-state index contributed by atoms with van der Waals surface area (Å²) in [5, 5.41) is 5.36. The van der Waals surface area contributed by atoms with Crippen molar-refractivity contribution in [3.63, 3.8) is 0 Å². The number of rotatable bonds is 4. The Morgan fingerprint density at radius 1 is 1.39 bits per heavy atom. The van der Waals surface area contributed by atoms with Crippen molar-refractivity contribution in [1.29, 1.82) is 0 Å². The van der Waals surface area contributed by atoms with Crippen molar-refractivity contribution < 1.29 is 9.53 Å². The third-order valence-electron chi connectivity index (χ3n) is 3.09. The maximum absolute atomic E-state index is 11.8. The first-order valence-electron chi connectivity index (χ1n) is 6.74. The van der Waals surface area contributed by atoms with Gasteiger partial charge in [-0.25, -0.2) is 14.8 Å². The van der Waals surface area contributed by atoms with Crippen LogP contribution >= 0.6 is 22.9 Å². The molecule has 1 aromatic carbocycles. The second-order valence-electron chi connectivity index (χ2n) is 4.69. The highest BCUT2D eigenvalue weighted by molar-refractivity contribution is 7.14. The molecule has 0 aliphatic carbocycles. The quantitative estimate of drug-likeness (QED) is 0.775. The average Bonchev–Trinajstić information content (AvgIpc) is 3.14. The first kappa shape index (κ1) is 15.5. The van der Waals surface area contributed by atoms with E-state index in [2.05, 4.69) is 15.3 Å². The molecule has 0 bridgehead atoms. The van der Waals surface area contributed by atoms with Crippen molar-refractivity contribution in [3.8, 4) is 11.5 Å². The van der Waals surface area contributed by atoms with Gasteiger partial charge in [-0.05, 0) is 5.56 Å². The van der Waals surface area contributed by atoms with E-state index < -0.39 is 6.09 Å². The fraction of sp³-hybridized carbons (Fsp3) is 0.133. The number of halogens is 1. The Hall–Kier alpha value is -2.38. The van der Waals surface area contributed by atoms with Gasteiger partial charge in [-0.3, -0.25) is 5.32 Å². The van der Waals surface area contributed by atoms with Crippen molar-refractivity contribution in [2.24, 2.45) is 7.05 Å². The molecular formula is C15H13ClN4O2S. The largest absolute Gasteiger partial charge is 0.444 e. The van der Waals surface area contributed by atoms with E-state index in [0.717, 1.165) is 5.56 Å². The Morgan fingerprint density at radius 2 is 2.17 bits per heavy atom. The lowest BCUT2D eigenvalue weighted by molar-refractivity contribution is 0.155. The minimum atomic E-state index is -0.548. The number of imidazole rings is 1. The van der Waals surface area contributed by atoms with E-state index in [1.807, 2.05) is 30.3 Å². The van der Waals surface area contributed by atoms with Gasteiger partial charge in [0.25, 0.3) is 0 Å². The second-order valence-corrected chi connectivity index (χ2v) is 5.93. The summed E-state index contributed by atoms with van der Waals surface area (Å²) in [4.78, 5) is 20.3. The number of hydrogen-bond donors (Lipinski definition) is 1. The van der Waals surface area contributed by atoms with Crippen LogP contribution in [0.1, 0.15) is 5.56 Å². The molecule has 8 heteroatoms. The van der Waals surface area contributed by atoms with Gasteiger partial charge < -0.3 is 9.30 Å². The lowest BCUT2D eigenvalue weighted by Crippen LogP contribution is -2.13. The molecule has 6 nitrogen and oxygen atoms in total. The zero-order valence-electron chi connectivity index (χ0n) is 12.2. The molecule has 118 valence electrons. The number of thiazole rings is 1. The summed E-state index contributed by atoms with van der Waals surface area (Å²) in [5.41, 5.74) is 1.56. The van der Waals surface area contributed by atoms with Crippen LogP contribution in [0.15, 0.2) is 41.9 Å². The first-order valence-corrected chi connectivity index (χ1v) is 8.00. The zero-order chi connectivity index (χ0) is 16.2. The second kappa shape index (κ2) is 6.80. The van der Waals surface area contributed by atoms with Crippen LogP contribution in [0.3, 0.4) is 0 Å². The third-order valence-corrected chi connectivity index (χ3v) is 4.20. The molecule has 0 fully saturated rings. The minimum absolute atomic E-state index is 0.208. The van der Waals surface area contributed by atoms with Gasteiger partial charge in [-0.1, -0.05) is 41.9 Å². The highest BCUT2D eigenvalue weighted by Crippen LogP contribution is 2.25. The fourth-order valence-corrected chi connectivity index (χ4v) is 2.71. The number of carbonyl (C=O) groups is 1. The summed E-state index contributed by atoms with van der Waals surface area (Å²) < 4.78 is 6.87. The standard InChI is InChI=1S/C15H13ClN4O2S/c1-20-12(16)7-17-13(20)11-9-23-14(18-11)19-15(21)22-8-10-5-3-2-4-6-10/h2-7,9H,8H2,1H3,(H,18,19,21). The van der Waals surface area contributed by atoms with Crippen molar-refractivity contribution in [2.45, 2.75) is 6.61 Å². The van der Waals surface area contributed by atoms with Crippen LogP contribution in [0.2, 0.25) is 5.15 Å². The molecule has 0 aliphatic heterocycles. The molecule has 0 saturated heterocycles. The van der Waals surface area contributed by atoms with Crippen molar-refractivity contribution in [1.82, 2.24) is 14.5 Å². The van der Waals surface area contributed by atoms with E-state index in [9.17, 15) is 4.79 Å². The van der Waals surface area contributed by atoms with Gasteiger partial charge in [0, 0.05) is 12.4 Å². The van der Waals surface area contributed by atoms with E-state index in [1.54, 1.807) is 23.2 Å². The van der Waals surface area contributed by atoms with Crippen LogP contribution in [0.4, 0.5) is 9.93 Å². The smallest absolute Gasteiger partial charge is 0.413 e. The number of amides is 1. The topological polar surface area (TPSA) is 69.0 Å². The Morgan fingerprint density at radius 3 is 2.87 bits per heavy atom. The van der Waals surface area contributed by atoms with Crippen LogP contribution < -0.4 is 5.32 Å². The van der Waals surface area contributed by atoms with Crippen LogP contribution in [-0.4, -0.2) is 20.6 Å². The summed E-state index contributed by atoms with van der Waals surface area (Å²) in [6.07, 6.45) is 1.00. The summed E-state index contributed by atoms with van der Waals surface area (Å²) >= 11 is 7.25. The summed E-state index contributed by atoms with van der Waals surface area (Å²) in [6, 6.07) is 9.47. The molecule has 0 aliphatic rings. The molecule has 23 heavy (non-hydrogen) atoms. The van der Waals surface area contributed by atoms with E-state index in [4.69, 9.17) is 16.3 Å². The number of hydrogen-bond acceptors (Lipinski definition) is 5. The first-order chi connectivity index (χ1) is 11.1. The molecule has 0 spiro atoms.